The Hall–Kier alpha value is -1.87. The number of alkyl halides is 3. The zero-order valence-electron chi connectivity index (χ0n) is 11.8. The topological polar surface area (TPSA) is 69.5 Å². The first kappa shape index (κ1) is 16.0. The van der Waals surface area contributed by atoms with Crippen LogP contribution in [0.5, 0.6) is 0 Å². The van der Waals surface area contributed by atoms with Crippen LogP contribution in [0.3, 0.4) is 0 Å². The second-order valence-electron chi connectivity index (χ2n) is 5.55. The largest absolute Gasteiger partial charge is 0.429 e. The predicted molar refractivity (Wildman–Crippen MR) is 77.5 cm³/mol. The van der Waals surface area contributed by atoms with E-state index in [4.69, 9.17) is 16.6 Å². The van der Waals surface area contributed by atoms with E-state index in [2.05, 4.69) is 4.98 Å². The third-order valence-corrected chi connectivity index (χ3v) is 4.26. The van der Waals surface area contributed by atoms with Crippen LogP contribution >= 0.6 is 12.2 Å². The van der Waals surface area contributed by atoms with Crippen LogP contribution in [-0.4, -0.2) is 45.8 Å². The van der Waals surface area contributed by atoms with Crippen molar-refractivity contribution in [3.05, 3.63) is 28.6 Å². The van der Waals surface area contributed by atoms with Crippen molar-refractivity contribution in [3.63, 3.8) is 0 Å². The maximum atomic E-state index is 12.8. The molecule has 1 aliphatic rings. The minimum absolute atomic E-state index is 0.163. The Morgan fingerprint density at radius 1 is 1.35 bits per heavy atom. The highest BCUT2D eigenvalue weighted by Crippen LogP contribution is 2.38. The van der Waals surface area contributed by atoms with E-state index in [0.717, 1.165) is 0 Å². The summed E-state index contributed by atoms with van der Waals surface area (Å²) in [7, 11) is 0. The molecule has 23 heavy (non-hydrogen) atoms. The van der Waals surface area contributed by atoms with Crippen LogP contribution in [0.25, 0.3) is 11.1 Å². The van der Waals surface area contributed by atoms with Crippen molar-refractivity contribution < 1.29 is 27.5 Å². The lowest BCUT2D eigenvalue weighted by molar-refractivity contribution is -0.271. The number of aliphatic hydroxyl groups is 1. The second kappa shape index (κ2) is 5.34. The molecule has 2 heterocycles. The zero-order chi connectivity index (χ0) is 16.8. The number of benzene rings is 1. The summed E-state index contributed by atoms with van der Waals surface area (Å²) in [4.78, 5) is 16.7. The lowest BCUT2D eigenvalue weighted by atomic mass is 9.90. The Balaban J connectivity index is 1.77. The molecule has 1 saturated heterocycles. The molecule has 0 bridgehead atoms. The highest BCUT2D eigenvalue weighted by Gasteiger charge is 2.54. The van der Waals surface area contributed by atoms with Gasteiger partial charge in [0.2, 0.25) is 0 Å². The van der Waals surface area contributed by atoms with Gasteiger partial charge in [0.25, 0.3) is 10.7 Å². The lowest BCUT2D eigenvalue weighted by Gasteiger charge is -2.39. The van der Waals surface area contributed by atoms with Gasteiger partial charge >= 0.3 is 6.18 Å². The first-order valence-corrected chi connectivity index (χ1v) is 7.32. The third kappa shape index (κ3) is 2.86. The van der Waals surface area contributed by atoms with Crippen LogP contribution in [-0.2, 0) is 0 Å². The average Bonchev–Trinajstić information content (AvgIpc) is 2.85. The maximum Gasteiger partial charge on any atom is 0.417 e. The number of H-pyrrole nitrogens is 1. The fraction of sp³-hybridized carbons (Fsp3) is 0.429. The van der Waals surface area contributed by atoms with Gasteiger partial charge in [-0.05, 0) is 30.4 Å². The molecule has 1 fully saturated rings. The SMILES string of the molecule is O=C(c1ccc2[nH]c(=S)oc2c1)N1CCC(O)(C(F)(F)F)CC1. The van der Waals surface area contributed by atoms with E-state index in [9.17, 15) is 23.1 Å². The number of likely N-dealkylation sites (tertiary alicyclic amines) is 1. The van der Waals surface area contributed by atoms with E-state index in [1.807, 2.05) is 0 Å². The Bertz CT molecular complexity index is 803. The average molecular weight is 346 g/mol. The molecule has 1 amide bonds. The summed E-state index contributed by atoms with van der Waals surface area (Å²) in [5, 5.41) is 9.63. The van der Waals surface area contributed by atoms with Crippen molar-refractivity contribution in [1.82, 2.24) is 9.88 Å². The molecular weight excluding hydrogens is 333 g/mol. The number of halogens is 3. The number of nitrogens with one attached hydrogen (secondary N) is 1. The molecule has 0 unspecified atom stereocenters. The minimum Gasteiger partial charge on any atom is -0.429 e. The fourth-order valence-electron chi connectivity index (χ4n) is 2.62. The van der Waals surface area contributed by atoms with E-state index in [1.54, 1.807) is 12.1 Å². The normalized spacial score (nSPS) is 18.3. The molecular formula is C14H13F3N2O3S. The first-order valence-electron chi connectivity index (χ1n) is 6.91. The molecule has 9 heteroatoms. The number of aromatic nitrogens is 1. The van der Waals surface area contributed by atoms with E-state index in [-0.39, 0.29) is 17.9 Å². The molecule has 2 N–H and O–H groups in total. The molecule has 1 aromatic carbocycles. The van der Waals surface area contributed by atoms with Crippen LogP contribution in [0.4, 0.5) is 13.2 Å². The van der Waals surface area contributed by atoms with Gasteiger partial charge in [0.15, 0.2) is 11.2 Å². The van der Waals surface area contributed by atoms with Gasteiger partial charge in [-0.25, -0.2) is 0 Å². The van der Waals surface area contributed by atoms with Gasteiger partial charge in [-0.2, -0.15) is 13.2 Å². The summed E-state index contributed by atoms with van der Waals surface area (Å²) in [6.07, 6.45) is -5.75. The van der Waals surface area contributed by atoms with E-state index < -0.39 is 30.5 Å². The van der Waals surface area contributed by atoms with Crippen molar-refractivity contribution in [1.29, 1.82) is 0 Å². The number of carbonyl (C=O) groups is 1. The summed E-state index contributed by atoms with van der Waals surface area (Å²) < 4.78 is 43.5. The van der Waals surface area contributed by atoms with Gasteiger partial charge < -0.3 is 19.4 Å². The van der Waals surface area contributed by atoms with Gasteiger partial charge in [0.05, 0.1) is 5.52 Å². The number of aromatic amines is 1. The van der Waals surface area contributed by atoms with Gasteiger partial charge in [-0.3, -0.25) is 4.79 Å². The van der Waals surface area contributed by atoms with Crippen LogP contribution in [0, 0.1) is 4.84 Å². The van der Waals surface area contributed by atoms with E-state index in [0.29, 0.717) is 16.7 Å². The van der Waals surface area contributed by atoms with Gasteiger partial charge in [0, 0.05) is 31.5 Å². The third-order valence-electron chi connectivity index (χ3n) is 4.07. The van der Waals surface area contributed by atoms with Crippen LogP contribution < -0.4 is 0 Å². The zero-order valence-corrected chi connectivity index (χ0v) is 12.6. The first-order chi connectivity index (χ1) is 10.7. The Morgan fingerprint density at radius 2 is 2.00 bits per heavy atom. The van der Waals surface area contributed by atoms with Crippen LogP contribution in [0.2, 0.25) is 0 Å². The molecule has 3 rings (SSSR count). The molecule has 124 valence electrons. The molecule has 0 aliphatic carbocycles. The van der Waals surface area contributed by atoms with Crippen LogP contribution in [0.15, 0.2) is 22.6 Å². The number of carbonyl (C=O) groups excluding carboxylic acids is 1. The molecule has 1 aliphatic heterocycles. The number of oxazole rings is 1. The molecule has 0 atom stereocenters. The van der Waals surface area contributed by atoms with E-state index >= 15 is 0 Å². The number of nitrogens with zero attached hydrogens (tertiary/aromatic N) is 1. The minimum atomic E-state index is -4.69. The molecule has 5 nitrogen and oxygen atoms in total. The summed E-state index contributed by atoms with van der Waals surface area (Å²) in [6.45, 7) is -0.326. The monoisotopic (exact) mass is 346 g/mol. The quantitative estimate of drug-likeness (QED) is 0.779. The number of fused-ring (bicyclic) bond motifs is 1. The summed E-state index contributed by atoms with van der Waals surface area (Å²) in [6, 6.07) is 4.67. The molecule has 2 aromatic rings. The molecule has 0 radical (unpaired) electrons. The van der Waals surface area contributed by atoms with Crippen LogP contribution in [0.1, 0.15) is 23.2 Å². The maximum absolute atomic E-state index is 12.8. The van der Waals surface area contributed by atoms with Crippen molar-refractivity contribution in [2.24, 2.45) is 0 Å². The van der Waals surface area contributed by atoms with E-state index in [1.165, 1.54) is 11.0 Å². The fourth-order valence-corrected chi connectivity index (χ4v) is 2.82. The number of amides is 1. The highest BCUT2D eigenvalue weighted by atomic mass is 32.1. The molecule has 0 saturated carbocycles. The standard InChI is InChI=1S/C14H13F3N2O3S/c15-14(16,17)13(21)3-5-19(6-4-13)11(20)8-1-2-9-10(7-8)22-12(23)18-9/h1-2,7,21H,3-6H2,(H,18,23). The van der Waals surface area contributed by atoms with Gasteiger partial charge in [-0.15, -0.1) is 0 Å². The summed E-state index contributed by atoms with van der Waals surface area (Å²) in [5.41, 5.74) is -1.38. The molecule has 1 aromatic heterocycles. The van der Waals surface area contributed by atoms with Gasteiger partial charge in [0.1, 0.15) is 0 Å². The summed E-state index contributed by atoms with van der Waals surface area (Å²) >= 11 is 4.86. The second-order valence-corrected chi connectivity index (χ2v) is 5.92. The Morgan fingerprint density at radius 3 is 2.61 bits per heavy atom. The molecule has 0 spiro atoms. The number of rotatable bonds is 1. The van der Waals surface area contributed by atoms with Crippen molar-refractivity contribution in [3.8, 4) is 0 Å². The number of piperidine rings is 1. The van der Waals surface area contributed by atoms with Gasteiger partial charge in [-0.1, -0.05) is 0 Å². The van der Waals surface area contributed by atoms with Crippen molar-refractivity contribution >= 4 is 29.2 Å². The van der Waals surface area contributed by atoms with Crippen molar-refractivity contribution in [2.75, 3.05) is 13.1 Å². The summed E-state index contributed by atoms with van der Waals surface area (Å²) in [5.74, 6) is -0.404. The predicted octanol–water partition coefficient (Wildman–Crippen LogP) is 3.02. The lowest BCUT2D eigenvalue weighted by Crippen LogP contribution is -2.54. The smallest absolute Gasteiger partial charge is 0.417 e. The Labute approximate surface area is 133 Å². The highest BCUT2D eigenvalue weighted by molar-refractivity contribution is 7.71. The number of hydrogen-bond donors (Lipinski definition) is 2. The Kier molecular flexibility index (Phi) is 3.72. The van der Waals surface area contributed by atoms with Crippen molar-refractivity contribution in [2.45, 2.75) is 24.6 Å². The number of hydrogen-bond acceptors (Lipinski definition) is 4.